The number of hydrogen-bond acceptors (Lipinski definition) is 1. The van der Waals surface area contributed by atoms with Crippen molar-refractivity contribution in [2.75, 3.05) is 7.05 Å². The molecular weight excluding hydrogens is 225 g/mol. The third kappa shape index (κ3) is 2.92. The fourth-order valence-corrected chi connectivity index (χ4v) is 3.25. The molecule has 1 aliphatic carbocycles. The van der Waals surface area contributed by atoms with E-state index in [4.69, 9.17) is 0 Å². The van der Waals surface area contributed by atoms with E-state index in [1.807, 2.05) is 20.0 Å². The van der Waals surface area contributed by atoms with Crippen molar-refractivity contribution in [1.82, 2.24) is 5.32 Å². The molecule has 1 unspecified atom stereocenters. The van der Waals surface area contributed by atoms with Crippen LogP contribution in [0, 0.1) is 24.6 Å². The molecule has 0 spiro atoms. The van der Waals surface area contributed by atoms with Crippen molar-refractivity contribution >= 4 is 0 Å². The topological polar surface area (TPSA) is 12.0 Å². The van der Waals surface area contributed by atoms with Crippen molar-refractivity contribution in [3.8, 4) is 0 Å². The molecule has 18 heavy (non-hydrogen) atoms. The SMILES string of the molecule is CNC(c1ccc(F)cc1C)C1CCC(C)CC1. The number of nitrogens with one attached hydrogen (secondary N) is 1. The Morgan fingerprint density at radius 3 is 2.44 bits per heavy atom. The molecule has 0 saturated heterocycles. The van der Waals surface area contributed by atoms with Gasteiger partial charge in [-0.2, -0.15) is 0 Å². The van der Waals surface area contributed by atoms with Gasteiger partial charge in [-0.05, 0) is 61.9 Å². The van der Waals surface area contributed by atoms with Crippen molar-refractivity contribution < 1.29 is 4.39 Å². The highest BCUT2D eigenvalue weighted by Gasteiger charge is 2.27. The number of hydrogen-bond donors (Lipinski definition) is 1. The van der Waals surface area contributed by atoms with E-state index in [-0.39, 0.29) is 5.82 Å². The maximum absolute atomic E-state index is 13.2. The third-order valence-electron chi connectivity index (χ3n) is 4.41. The van der Waals surface area contributed by atoms with Crippen LogP contribution in [-0.4, -0.2) is 7.05 Å². The van der Waals surface area contributed by atoms with Gasteiger partial charge in [0, 0.05) is 6.04 Å². The average Bonchev–Trinajstić information content (AvgIpc) is 2.35. The molecule has 0 radical (unpaired) electrons. The second-order valence-corrected chi connectivity index (χ2v) is 5.79. The highest BCUT2D eigenvalue weighted by molar-refractivity contribution is 5.30. The van der Waals surface area contributed by atoms with E-state index in [1.54, 1.807) is 12.1 Å². The van der Waals surface area contributed by atoms with Gasteiger partial charge in [-0.15, -0.1) is 0 Å². The fourth-order valence-electron chi connectivity index (χ4n) is 3.25. The first kappa shape index (κ1) is 13.5. The average molecular weight is 249 g/mol. The van der Waals surface area contributed by atoms with Crippen molar-refractivity contribution in [3.63, 3.8) is 0 Å². The highest BCUT2D eigenvalue weighted by atomic mass is 19.1. The summed E-state index contributed by atoms with van der Waals surface area (Å²) in [4.78, 5) is 0. The van der Waals surface area contributed by atoms with Crippen LogP contribution in [0.1, 0.15) is 49.8 Å². The molecular formula is C16H24FN. The van der Waals surface area contributed by atoms with Crippen LogP contribution < -0.4 is 5.32 Å². The van der Waals surface area contributed by atoms with Crippen LogP contribution in [0.2, 0.25) is 0 Å². The van der Waals surface area contributed by atoms with Crippen LogP contribution in [0.4, 0.5) is 4.39 Å². The van der Waals surface area contributed by atoms with E-state index >= 15 is 0 Å². The Labute approximate surface area is 110 Å². The maximum atomic E-state index is 13.2. The Kier molecular flexibility index (Phi) is 4.39. The van der Waals surface area contributed by atoms with E-state index in [1.165, 1.54) is 31.2 Å². The Morgan fingerprint density at radius 1 is 1.22 bits per heavy atom. The summed E-state index contributed by atoms with van der Waals surface area (Å²) in [7, 11) is 2.02. The van der Waals surface area contributed by atoms with Gasteiger partial charge in [0.15, 0.2) is 0 Å². The van der Waals surface area contributed by atoms with Gasteiger partial charge >= 0.3 is 0 Å². The number of rotatable bonds is 3. The van der Waals surface area contributed by atoms with Crippen LogP contribution in [-0.2, 0) is 0 Å². The monoisotopic (exact) mass is 249 g/mol. The first-order valence-electron chi connectivity index (χ1n) is 7.05. The first-order valence-corrected chi connectivity index (χ1v) is 7.05. The summed E-state index contributed by atoms with van der Waals surface area (Å²) < 4.78 is 13.2. The molecule has 2 heteroatoms. The molecule has 1 saturated carbocycles. The van der Waals surface area contributed by atoms with E-state index in [2.05, 4.69) is 12.2 Å². The van der Waals surface area contributed by atoms with Crippen LogP contribution in [0.5, 0.6) is 0 Å². The molecule has 0 bridgehead atoms. The summed E-state index contributed by atoms with van der Waals surface area (Å²) in [6, 6.07) is 5.55. The largest absolute Gasteiger partial charge is 0.313 e. The van der Waals surface area contributed by atoms with Gasteiger partial charge < -0.3 is 5.32 Å². The van der Waals surface area contributed by atoms with Gasteiger partial charge in [-0.25, -0.2) is 4.39 Å². The summed E-state index contributed by atoms with van der Waals surface area (Å²) in [5.41, 5.74) is 2.33. The maximum Gasteiger partial charge on any atom is 0.123 e. The predicted molar refractivity (Wildman–Crippen MR) is 74.1 cm³/mol. The van der Waals surface area contributed by atoms with Crippen molar-refractivity contribution in [1.29, 1.82) is 0 Å². The Hall–Kier alpha value is -0.890. The molecule has 0 amide bonds. The molecule has 0 aliphatic heterocycles. The molecule has 1 aliphatic rings. The summed E-state index contributed by atoms with van der Waals surface area (Å²) in [6.45, 7) is 4.35. The Morgan fingerprint density at radius 2 is 1.89 bits per heavy atom. The lowest BCUT2D eigenvalue weighted by Crippen LogP contribution is -2.29. The lowest BCUT2D eigenvalue weighted by Gasteiger charge is -2.33. The minimum atomic E-state index is -0.136. The van der Waals surface area contributed by atoms with Crippen LogP contribution in [0.25, 0.3) is 0 Å². The molecule has 1 fully saturated rings. The molecule has 100 valence electrons. The molecule has 1 aromatic rings. The van der Waals surface area contributed by atoms with Crippen molar-refractivity contribution in [2.45, 2.75) is 45.6 Å². The second kappa shape index (κ2) is 5.83. The lowest BCUT2D eigenvalue weighted by molar-refractivity contribution is 0.237. The molecule has 1 atom stereocenters. The summed E-state index contributed by atoms with van der Waals surface area (Å²) in [5.74, 6) is 1.42. The number of benzene rings is 1. The minimum absolute atomic E-state index is 0.136. The predicted octanol–water partition coefficient (Wildman–Crippen LogP) is 4.22. The Bertz CT molecular complexity index is 394. The summed E-state index contributed by atoms with van der Waals surface area (Å²) in [6.07, 6.45) is 5.21. The quantitative estimate of drug-likeness (QED) is 0.845. The Balaban J connectivity index is 2.17. The zero-order valence-corrected chi connectivity index (χ0v) is 11.7. The first-order chi connectivity index (χ1) is 8.61. The molecule has 0 aromatic heterocycles. The van der Waals surface area contributed by atoms with Crippen LogP contribution >= 0.6 is 0 Å². The number of aryl methyl sites for hydroxylation is 1. The lowest BCUT2D eigenvalue weighted by atomic mass is 9.77. The van der Waals surface area contributed by atoms with Gasteiger partial charge in [0.25, 0.3) is 0 Å². The van der Waals surface area contributed by atoms with Gasteiger partial charge in [0.2, 0.25) is 0 Å². The van der Waals surface area contributed by atoms with Crippen molar-refractivity contribution in [2.24, 2.45) is 11.8 Å². The van der Waals surface area contributed by atoms with Crippen LogP contribution in [0.3, 0.4) is 0 Å². The molecule has 2 rings (SSSR count). The van der Waals surface area contributed by atoms with Crippen molar-refractivity contribution in [3.05, 3.63) is 35.1 Å². The highest BCUT2D eigenvalue weighted by Crippen LogP contribution is 2.37. The van der Waals surface area contributed by atoms with E-state index in [0.717, 1.165) is 11.5 Å². The molecule has 0 heterocycles. The van der Waals surface area contributed by atoms with Gasteiger partial charge in [-0.1, -0.05) is 25.8 Å². The van der Waals surface area contributed by atoms with E-state index in [9.17, 15) is 4.39 Å². The molecule has 1 aromatic carbocycles. The zero-order valence-electron chi connectivity index (χ0n) is 11.7. The standard InChI is InChI=1S/C16H24FN/c1-11-4-6-13(7-5-11)16(18-3)15-9-8-14(17)10-12(15)2/h8-11,13,16,18H,4-7H2,1-3H3. The number of halogens is 1. The van der Waals surface area contributed by atoms with Gasteiger partial charge in [0.05, 0.1) is 0 Å². The van der Waals surface area contributed by atoms with Crippen LogP contribution in [0.15, 0.2) is 18.2 Å². The third-order valence-corrected chi connectivity index (χ3v) is 4.41. The normalized spacial score (nSPS) is 26.0. The van der Waals surface area contributed by atoms with E-state index < -0.39 is 0 Å². The smallest absolute Gasteiger partial charge is 0.123 e. The molecule has 1 N–H and O–H groups in total. The zero-order chi connectivity index (χ0) is 13.1. The minimum Gasteiger partial charge on any atom is -0.313 e. The summed E-state index contributed by atoms with van der Waals surface area (Å²) >= 11 is 0. The van der Waals surface area contributed by atoms with Gasteiger partial charge in [0.1, 0.15) is 5.82 Å². The van der Waals surface area contributed by atoms with E-state index in [0.29, 0.717) is 12.0 Å². The summed E-state index contributed by atoms with van der Waals surface area (Å²) in [5, 5.41) is 3.44. The second-order valence-electron chi connectivity index (χ2n) is 5.79. The molecule has 1 nitrogen and oxygen atoms in total. The van der Waals surface area contributed by atoms with Gasteiger partial charge in [-0.3, -0.25) is 0 Å². The fraction of sp³-hybridized carbons (Fsp3) is 0.625.